The van der Waals surface area contributed by atoms with Gasteiger partial charge in [0.1, 0.15) is 5.75 Å². The highest BCUT2D eigenvalue weighted by atomic mass is 16.5. The minimum Gasteiger partial charge on any atom is -0.495 e. The lowest BCUT2D eigenvalue weighted by Crippen LogP contribution is -1.96. The summed E-state index contributed by atoms with van der Waals surface area (Å²) in [6.45, 7) is 1.86. The number of ether oxygens (including phenoxy) is 1. The number of carbonyl (C=O) groups excluding carboxylic acids is 1. The number of methoxy groups -OCH3 is 1. The Kier molecular flexibility index (Phi) is 3.72. The Labute approximate surface area is 106 Å². The van der Waals surface area contributed by atoms with Crippen LogP contribution in [0.5, 0.6) is 5.75 Å². The molecule has 0 amide bonds. The van der Waals surface area contributed by atoms with E-state index in [9.17, 15) is 4.79 Å². The third-order valence-electron chi connectivity index (χ3n) is 2.79. The molecule has 3 nitrogen and oxygen atoms in total. The Balaban J connectivity index is 2.41. The van der Waals surface area contributed by atoms with Crippen molar-refractivity contribution < 1.29 is 9.53 Å². The molecule has 0 aliphatic rings. The highest BCUT2D eigenvalue weighted by molar-refractivity contribution is 5.96. The molecule has 0 radical (unpaired) electrons. The highest BCUT2D eigenvalue weighted by Crippen LogP contribution is 2.23. The molecule has 0 unspecified atom stereocenters. The molecule has 0 N–H and O–H groups in total. The van der Waals surface area contributed by atoms with Crippen molar-refractivity contribution in [3.8, 4) is 16.9 Å². The van der Waals surface area contributed by atoms with Crippen molar-refractivity contribution in [2.75, 3.05) is 7.11 Å². The van der Waals surface area contributed by atoms with E-state index in [1.807, 2.05) is 37.3 Å². The number of nitrogens with zero attached hydrogens (tertiary/aromatic N) is 1. The van der Waals surface area contributed by atoms with Gasteiger partial charge in [0.25, 0.3) is 0 Å². The van der Waals surface area contributed by atoms with Gasteiger partial charge in [-0.3, -0.25) is 9.78 Å². The third-order valence-corrected chi connectivity index (χ3v) is 2.79. The van der Waals surface area contributed by atoms with Crippen molar-refractivity contribution in [1.29, 1.82) is 0 Å². The second-order valence-corrected chi connectivity index (χ2v) is 3.97. The van der Waals surface area contributed by atoms with Gasteiger partial charge in [-0.05, 0) is 17.7 Å². The summed E-state index contributed by atoms with van der Waals surface area (Å²) in [5, 5.41) is 0. The van der Waals surface area contributed by atoms with E-state index < -0.39 is 0 Å². The fourth-order valence-corrected chi connectivity index (χ4v) is 1.76. The number of ketones is 1. The maximum Gasteiger partial charge on any atom is 0.162 e. The van der Waals surface area contributed by atoms with Crippen LogP contribution in [0.2, 0.25) is 0 Å². The van der Waals surface area contributed by atoms with E-state index in [0.29, 0.717) is 12.2 Å². The maximum atomic E-state index is 11.7. The number of hydrogen-bond donors (Lipinski definition) is 0. The molecule has 0 saturated heterocycles. The van der Waals surface area contributed by atoms with Crippen molar-refractivity contribution in [2.24, 2.45) is 0 Å². The average molecular weight is 241 g/mol. The summed E-state index contributed by atoms with van der Waals surface area (Å²) in [6.07, 6.45) is 3.93. The summed E-state index contributed by atoms with van der Waals surface area (Å²) < 4.78 is 5.15. The molecule has 0 spiro atoms. The topological polar surface area (TPSA) is 39.2 Å². The molecule has 1 aromatic heterocycles. The fraction of sp³-hybridized carbons (Fsp3) is 0.200. The predicted octanol–water partition coefficient (Wildman–Crippen LogP) is 3.35. The molecule has 0 saturated carbocycles. The van der Waals surface area contributed by atoms with Crippen molar-refractivity contribution >= 4 is 5.78 Å². The zero-order chi connectivity index (χ0) is 13.0. The molecule has 0 atom stereocenters. The molecule has 0 aliphatic heterocycles. The molecule has 3 heteroatoms. The summed E-state index contributed by atoms with van der Waals surface area (Å²) in [5.74, 6) is 0.854. The van der Waals surface area contributed by atoms with Gasteiger partial charge in [-0.1, -0.05) is 25.1 Å². The second-order valence-electron chi connectivity index (χ2n) is 3.97. The van der Waals surface area contributed by atoms with Crippen molar-refractivity contribution in [1.82, 2.24) is 4.98 Å². The monoisotopic (exact) mass is 241 g/mol. The first-order valence-corrected chi connectivity index (χ1v) is 5.87. The molecule has 0 bridgehead atoms. The van der Waals surface area contributed by atoms with Crippen LogP contribution < -0.4 is 4.74 Å². The van der Waals surface area contributed by atoms with Crippen LogP contribution in [0.15, 0.2) is 42.7 Å². The molecule has 2 aromatic rings. The van der Waals surface area contributed by atoms with Gasteiger partial charge in [0, 0.05) is 23.7 Å². The zero-order valence-electron chi connectivity index (χ0n) is 10.5. The van der Waals surface area contributed by atoms with Crippen molar-refractivity contribution in [3.63, 3.8) is 0 Å². The first-order chi connectivity index (χ1) is 8.74. The average Bonchev–Trinajstić information content (AvgIpc) is 2.46. The van der Waals surface area contributed by atoms with Gasteiger partial charge >= 0.3 is 0 Å². The van der Waals surface area contributed by atoms with Crippen LogP contribution in [0, 0.1) is 0 Å². The van der Waals surface area contributed by atoms with E-state index in [0.717, 1.165) is 16.7 Å². The lowest BCUT2D eigenvalue weighted by molar-refractivity contribution is 0.0988. The van der Waals surface area contributed by atoms with E-state index in [2.05, 4.69) is 4.98 Å². The molecule has 0 fully saturated rings. The van der Waals surface area contributed by atoms with Crippen molar-refractivity contribution in [2.45, 2.75) is 13.3 Å². The molecule has 2 rings (SSSR count). The Morgan fingerprint density at radius 1 is 1.22 bits per heavy atom. The highest BCUT2D eigenvalue weighted by Gasteiger charge is 2.06. The molecule has 0 aliphatic carbocycles. The van der Waals surface area contributed by atoms with Crippen LogP contribution in [0.3, 0.4) is 0 Å². The largest absolute Gasteiger partial charge is 0.495 e. The number of Topliss-reactive ketones (excluding diaryl/α,β-unsaturated/α-hetero) is 1. The fourth-order valence-electron chi connectivity index (χ4n) is 1.76. The normalized spacial score (nSPS) is 10.1. The van der Waals surface area contributed by atoms with Crippen LogP contribution >= 0.6 is 0 Å². The summed E-state index contributed by atoms with van der Waals surface area (Å²) in [7, 11) is 1.61. The molecule has 1 aromatic carbocycles. The quantitative estimate of drug-likeness (QED) is 0.770. The van der Waals surface area contributed by atoms with E-state index in [4.69, 9.17) is 4.74 Å². The number of aromatic nitrogens is 1. The van der Waals surface area contributed by atoms with Crippen LogP contribution in [0.1, 0.15) is 23.7 Å². The number of carbonyl (C=O) groups is 1. The number of rotatable bonds is 4. The Bertz CT molecular complexity index is 564. The standard InChI is InChI=1S/C15H15NO2/c1-3-15(17)12-6-4-5-11(7-12)13-8-14(18-2)10-16-9-13/h4-10H,3H2,1-2H3. The lowest BCUT2D eigenvalue weighted by atomic mass is 10.0. The lowest BCUT2D eigenvalue weighted by Gasteiger charge is -2.05. The number of hydrogen-bond acceptors (Lipinski definition) is 3. The summed E-state index contributed by atoms with van der Waals surface area (Å²) in [4.78, 5) is 15.8. The van der Waals surface area contributed by atoms with E-state index in [1.165, 1.54) is 0 Å². The molecular weight excluding hydrogens is 226 g/mol. The van der Waals surface area contributed by atoms with Crippen LogP contribution in [0.25, 0.3) is 11.1 Å². The summed E-state index contributed by atoms with van der Waals surface area (Å²) >= 11 is 0. The SMILES string of the molecule is CCC(=O)c1cccc(-c2cncc(OC)c2)c1. The van der Waals surface area contributed by atoms with E-state index in [-0.39, 0.29) is 5.78 Å². The van der Waals surface area contributed by atoms with Crippen LogP contribution in [-0.2, 0) is 0 Å². The van der Waals surface area contributed by atoms with Crippen LogP contribution in [0.4, 0.5) is 0 Å². The van der Waals surface area contributed by atoms with Gasteiger partial charge in [-0.15, -0.1) is 0 Å². The molecule has 1 heterocycles. The number of pyridine rings is 1. The second kappa shape index (κ2) is 5.45. The summed E-state index contributed by atoms with van der Waals surface area (Å²) in [6, 6.07) is 9.48. The third kappa shape index (κ3) is 2.56. The predicted molar refractivity (Wildman–Crippen MR) is 70.8 cm³/mol. The van der Waals surface area contributed by atoms with Crippen molar-refractivity contribution in [3.05, 3.63) is 48.3 Å². The van der Waals surface area contributed by atoms with Gasteiger partial charge in [0.05, 0.1) is 13.3 Å². The van der Waals surface area contributed by atoms with Gasteiger partial charge in [-0.2, -0.15) is 0 Å². The Hall–Kier alpha value is -2.16. The van der Waals surface area contributed by atoms with Gasteiger partial charge < -0.3 is 4.74 Å². The first-order valence-electron chi connectivity index (χ1n) is 5.87. The smallest absolute Gasteiger partial charge is 0.162 e. The molecule has 18 heavy (non-hydrogen) atoms. The Morgan fingerprint density at radius 2 is 2.06 bits per heavy atom. The van der Waals surface area contributed by atoms with Gasteiger partial charge in [-0.25, -0.2) is 0 Å². The summed E-state index contributed by atoms with van der Waals surface area (Å²) in [5.41, 5.74) is 2.65. The van der Waals surface area contributed by atoms with Crippen LogP contribution in [-0.4, -0.2) is 17.9 Å². The molecular formula is C15H15NO2. The zero-order valence-corrected chi connectivity index (χ0v) is 10.5. The van der Waals surface area contributed by atoms with E-state index >= 15 is 0 Å². The number of benzene rings is 1. The maximum absolute atomic E-state index is 11.7. The van der Waals surface area contributed by atoms with Gasteiger partial charge in [0.2, 0.25) is 0 Å². The molecule has 92 valence electrons. The Morgan fingerprint density at radius 3 is 2.78 bits per heavy atom. The van der Waals surface area contributed by atoms with Gasteiger partial charge in [0.15, 0.2) is 5.78 Å². The first kappa shape index (κ1) is 12.3. The van der Waals surface area contributed by atoms with E-state index in [1.54, 1.807) is 19.5 Å². The minimum atomic E-state index is 0.146. The minimum absolute atomic E-state index is 0.146.